The first kappa shape index (κ1) is 51.7. The summed E-state index contributed by atoms with van der Waals surface area (Å²) in [7, 11) is 0. The predicted molar refractivity (Wildman–Crippen MR) is 218 cm³/mol. The molecule has 0 aliphatic carbocycles. The van der Waals surface area contributed by atoms with Crippen molar-refractivity contribution in [1.82, 2.24) is 30.9 Å². The Labute approximate surface area is 341 Å². The molecule has 0 aromatic carbocycles. The van der Waals surface area contributed by atoms with Gasteiger partial charge in [0.1, 0.15) is 6.04 Å². The lowest BCUT2D eigenvalue weighted by molar-refractivity contribution is -0.142. The van der Waals surface area contributed by atoms with Crippen molar-refractivity contribution in [2.24, 2.45) is 0 Å². The SMILES string of the molecule is CCCCCCCCCCCCCCCC(=O)NC(CCC(=O)NCCOCCOCCOCCOCCn1cc(CCOC(=O)NCCCCC)nn1)C(=O)O. The van der Waals surface area contributed by atoms with E-state index >= 15 is 0 Å². The van der Waals surface area contributed by atoms with Crippen molar-refractivity contribution in [2.45, 2.75) is 155 Å². The number of carboxylic acids is 1. The molecule has 57 heavy (non-hydrogen) atoms. The lowest BCUT2D eigenvalue weighted by Crippen LogP contribution is -2.41. The van der Waals surface area contributed by atoms with Crippen molar-refractivity contribution in [1.29, 1.82) is 0 Å². The number of hydrogen-bond donors (Lipinski definition) is 4. The second-order valence-corrected chi connectivity index (χ2v) is 14.3. The molecule has 330 valence electrons. The number of carbonyl (C=O) groups is 4. The first-order valence-electron chi connectivity index (χ1n) is 21.7. The third-order valence-electron chi connectivity index (χ3n) is 9.18. The average Bonchev–Trinajstić information content (AvgIpc) is 3.65. The molecule has 0 aliphatic rings. The van der Waals surface area contributed by atoms with Crippen LogP contribution in [0, 0.1) is 0 Å². The van der Waals surface area contributed by atoms with Crippen LogP contribution in [0.4, 0.5) is 4.79 Å². The second kappa shape index (κ2) is 38.2. The van der Waals surface area contributed by atoms with Crippen molar-refractivity contribution < 1.29 is 48.0 Å². The summed E-state index contributed by atoms with van der Waals surface area (Å²) in [5.41, 5.74) is 0.742. The number of unbranched alkanes of at least 4 members (excludes halogenated alkanes) is 14. The highest BCUT2D eigenvalue weighted by atomic mass is 16.6. The van der Waals surface area contributed by atoms with E-state index in [2.05, 4.69) is 40.1 Å². The molecule has 16 heteroatoms. The van der Waals surface area contributed by atoms with Crippen molar-refractivity contribution in [2.75, 3.05) is 72.6 Å². The number of ether oxygens (including phenoxy) is 5. The van der Waals surface area contributed by atoms with Gasteiger partial charge in [0.25, 0.3) is 0 Å². The van der Waals surface area contributed by atoms with Crippen LogP contribution in [0.1, 0.15) is 142 Å². The van der Waals surface area contributed by atoms with Crippen LogP contribution in [0.15, 0.2) is 6.20 Å². The standard InChI is InChI=1S/C41H76N6O10/c1-3-5-7-8-9-10-11-12-13-14-15-16-17-19-39(49)44-37(40(50)51)20-21-38(48)42-24-27-53-29-31-55-33-34-56-32-30-54-28-25-47-35-36(45-46-47)22-26-57-41(52)43-23-18-6-4-2/h35,37H,3-34H2,1-2H3,(H,42,48)(H,43,52)(H,44,49)(H,50,51). The Kier molecular flexibility index (Phi) is 34.6. The second-order valence-electron chi connectivity index (χ2n) is 14.3. The van der Waals surface area contributed by atoms with Gasteiger partial charge in [0, 0.05) is 38.5 Å². The number of carbonyl (C=O) groups excluding carboxylic acids is 3. The van der Waals surface area contributed by atoms with E-state index in [0.717, 1.165) is 44.2 Å². The number of carboxylic acid groups (broad SMARTS) is 1. The zero-order chi connectivity index (χ0) is 41.4. The maximum Gasteiger partial charge on any atom is 0.407 e. The van der Waals surface area contributed by atoms with Crippen molar-refractivity contribution in [3.63, 3.8) is 0 Å². The van der Waals surface area contributed by atoms with Gasteiger partial charge in [0.2, 0.25) is 11.8 Å². The number of aromatic nitrogens is 3. The normalized spacial score (nSPS) is 11.7. The molecule has 0 saturated heterocycles. The molecule has 1 rings (SSSR count). The molecular formula is C41H76N6O10. The number of hydrogen-bond acceptors (Lipinski definition) is 11. The molecule has 0 saturated carbocycles. The maximum absolute atomic E-state index is 12.3. The fourth-order valence-electron chi connectivity index (χ4n) is 5.80. The Morgan fingerprint density at radius 3 is 1.77 bits per heavy atom. The summed E-state index contributed by atoms with van der Waals surface area (Å²) in [6.45, 7) is 9.23. The van der Waals surface area contributed by atoms with Gasteiger partial charge in [0.15, 0.2) is 0 Å². The van der Waals surface area contributed by atoms with Gasteiger partial charge in [-0.3, -0.25) is 9.59 Å². The fraction of sp³-hybridized carbons (Fsp3) is 0.854. The van der Waals surface area contributed by atoms with E-state index in [1.807, 2.05) is 6.20 Å². The van der Waals surface area contributed by atoms with Crippen LogP contribution in [0.5, 0.6) is 0 Å². The van der Waals surface area contributed by atoms with E-state index in [0.29, 0.717) is 78.8 Å². The lowest BCUT2D eigenvalue weighted by atomic mass is 10.0. The molecular weight excluding hydrogens is 736 g/mol. The molecule has 3 amide bonds. The zero-order valence-electron chi connectivity index (χ0n) is 35.2. The molecule has 0 fully saturated rings. The van der Waals surface area contributed by atoms with Crippen molar-refractivity contribution in [3.8, 4) is 0 Å². The van der Waals surface area contributed by atoms with Crippen LogP contribution in [0.3, 0.4) is 0 Å². The first-order chi connectivity index (χ1) is 27.8. The van der Waals surface area contributed by atoms with Gasteiger partial charge in [-0.15, -0.1) is 5.10 Å². The van der Waals surface area contributed by atoms with Crippen LogP contribution in [-0.4, -0.2) is 123 Å². The van der Waals surface area contributed by atoms with Crippen LogP contribution >= 0.6 is 0 Å². The van der Waals surface area contributed by atoms with Gasteiger partial charge in [-0.1, -0.05) is 109 Å². The minimum Gasteiger partial charge on any atom is -0.480 e. The summed E-state index contributed by atoms with van der Waals surface area (Å²) >= 11 is 0. The highest BCUT2D eigenvalue weighted by Gasteiger charge is 2.20. The van der Waals surface area contributed by atoms with Gasteiger partial charge >= 0.3 is 12.1 Å². The number of rotatable bonds is 41. The molecule has 16 nitrogen and oxygen atoms in total. The fourth-order valence-corrected chi connectivity index (χ4v) is 5.80. The van der Waals surface area contributed by atoms with Gasteiger partial charge < -0.3 is 44.7 Å². The average molecular weight is 813 g/mol. The summed E-state index contributed by atoms with van der Waals surface area (Å²) in [6.07, 6.45) is 21.1. The van der Waals surface area contributed by atoms with E-state index in [1.165, 1.54) is 64.2 Å². The number of aliphatic carboxylic acids is 1. The minimum atomic E-state index is -1.14. The minimum absolute atomic E-state index is 0.00828. The van der Waals surface area contributed by atoms with E-state index < -0.39 is 18.1 Å². The Bertz CT molecular complexity index is 1140. The number of nitrogens with one attached hydrogen (secondary N) is 3. The summed E-state index contributed by atoms with van der Waals surface area (Å²) in [5.74, 6) is -1.72. The molecule has 0 radical (unpaired) electrons. The van der Waals surface area contributed by atoms with Gasteiger partial charge in [0.05, 0.1) is 71.7 Å². The van der Waals surface area contributed by atoms with Crippen molar-refractivity contribution in [3.05, 3.63) is 11.9 Å². The lowest BCUT2D eigenvalue weighted by Gasteiger charge is -2.14. The Balaban J connectivity index is 1.91. The van der Waals surface area contributed by atoms with E-state index in [4.69, 9.17) is 23.7 Å². The van der Waals surface area contributed by atoms with Crippen LogP contribution in [0.25, 0.3) is 0 Å². The van der Waals surface area contributed by atoms with E-state index in [-0.39, 0.29) is 37.8 Å². The van der Waals surface area contributed by atoms with Crippen LogP contribution in [-0.2, 0) is 51.0 Å². The Morgan fingerprint density at radius 1 is 0.632 bits per heavy atom. The summed E-state index contributed by atoms with van der Waals surface area (Å²) in [6, 6.07) is -1.09. The quantitative estimate of drug-likeness (QED) is 0.0585. The smallest absolute Gasteiger partial charge is 0.407 e. The summed E-state index contributed by atoms with van der Waals surface area (Å²) < 4.78 is 28.9. The summed E-state index contributed by atoms with van der Waals surface area (Å²) in [5, 5.41) is 25.7. The van der Waals surface area contributed by atoms with E-state index in [9.17, 15) is 24.3 Å². The highest BCUT2D eigenvalue weighted by Crippen LogP contribution is 2.13. The van der Waals surface area contributed by atoms with Gasteiger partial charge in [-0.25, -0.2) is 14.3 Å². The topological polar surface area (TPSA) is 201 Å². The van der Waals surface area contributed by atoms with Crippen LogP contribution in [0.2, 0.25) is 0 Å². The largest absolute Gasteiger partial charge is 0.480 e. The van der Waals surface area contributed by atoms with Gasteiger partial charge in [-0.05, 0) is 19.3 Å². The molecule has 0 spiro atoms. The molecule has 0 aliphatic heterocycles. The van der Waals surface area contributed by atoms with Crippen molar-refractivity contribution >= 4 is 23.9 Å². The van der Waals surface area contributed by atoms with E-state index in [1.54, 1.807) is 4.68 Å². The highest BCUT2D eigenvalue weighted by molar-refractivity contribution is 5.84. The molecule has 1 atom stereocenters. The zero-order valence-corrected chi connectivity index (χ0v) is 35.2. The number of nitrogens with zero attached hydrogens (tertiary/aromatic N) is 3. The molecule has 1 unspecified atom stereocenters. The molecule has 1 aromatic heterocycles. The predicted octanol–water partition coefficient (Wildman–Crippen LogP) is 5.75. The molecule has 0 bridgehead atoms. The van der Waals surface area contributed by atoms with Crippen LogP contribution < -0.4 is 16.0 Å². The monoisotopic (exact) mass is 813 g/mol. The molecule has 4 N–H and O–H groups in total. The molecule has 1 aromatic rings. The molecule has 1 heterocycles. The Hall–Kier alpha value is -3.34. The third kappa shape index (κ3) is 33.3. The third-order valence-corrected chi connectivity index (χ3v) is 9.18. The summed E-state index contributed by atoms with van der Waals surface area (Å²) in [4.78, 5) is 47.8. The van der Waals surface area contributed by atoms with Gasteiger partial charge in [-0.2, -0.15) is 0 Å². The Morgan fingerprint density at radius 2 is 1.18 bits per heavy atom. The maximum atomic E-state index is 12.3. The number of alkyl carbamates (subject to hydrolysis) is 1. The number of amides is 3. The first-order valence-corrected chi connectivity index (χ1v) is 21.7.